The first-order valence-corrected chi connectivity index (χ1v) is 8.73. The number of aromatic nitrogens is 1. The summed E-state index contributed by atoms with van der Waals surface area (Å²) in [5.41, 5.74) is 2.91. The smallest absolute Gasteiger partial charge is 0.0972 e. The molecular formula is C18H22N2S. The zero-order valence-electron chi connectivity index (χ0n) is 12.7. The molecule has 2 aliphatic rings. The van der Waals surface area contributed by atoms with Crippen LogP contribution in [0.3, 0.4) is 0 Å². The van der Waals surface area contributed by atoms with Gasteiger partial charge in [-0.2, -0.15) is 0 Å². The van der Waals surface area contributed by atoms with E-state index in [4.69, 9.17) is 4.98 Å². The van der Waals surface area contributed by atoms with Gasteiger partial charge in [-0.1, -0.05) is 44.2 Å². The van der Waals surface area contributed by atoms with Crippen molar-refractivity contribution in [2.45, 2.75) is 51.6 Å². The number of hydrogen-bond donors (Lipinski definition) is 1. The fraction of sp³-hybridized carbons (Fsp3) is 0.500. The minimum Gasteiger partial charge on any atom is -0.309 e. The van der Waals surface area contributed by atoms with Crippen LogP contribution in [0.2, 0.25) is 0 Å². The standard InChI is InChI=1S/C18H22N2S/c1-18(2)10-14(18)17-20-16(12-6-4-3-5-7-12)15(21-17)11-19-13-8-9-13/h3-7,13-14,19H,8-11H2,1-2H3. The van der Waals surface area contributed by atoms with Gasteiger partial charge in [-0.15, -0.1) is 11.3 Å². The highest BCUT2D eigenvalue weighted by Crippen LogP contribution is 2.59. The second-order valence-electron chi connectivity index (χ2n) is 7.09. The van der Waals surface area contributed by atoms with Crippen molar-refractivity contribution in [2.24, 2.45) is 5.41 Å². The van der Waals surface area contributed by atoms with Gasteiger partial charge >= 0.3 is 0 Å². The van der Waals surface area contributed by atoms with Gasteiger partial charge in [-0.05, 0) is 24.7 Å². The molecule has 0 saturated heterocycles. The van der Waals surface area contributed by atoms with E-state index in [2.05, 4.69) is 49.5 Å². The molecule has 1 heterocycles. The second-order valence-corrected chi connectivity index (χ2v) is 8.21. The van der Waals surface area contributed by atoms with Crippen molar-refractivity contribution >= 4 is 11.3 Å². The molecule has 0 radical (unpaired) electrons. The van der Waals surface area contributed by atoms with Crippen molar-refractivity contribution in [1.29, 1.82) is 0 Å². The van der Waals surface area contributed by atoms with E-state index in [0.29, 0.717) is 11.3 Å². The fourth-order valence-electron chi connectivity index (χ4n) is 2.87. The molecule has 3 heteroatoms. The summed E-state index contributed by atoms with van der Waals surface area (Å²) in [6.07, 6.45) is 3.95. The maximum absolute atomic E-state index is 5.01. The molecule has 2 aromatic rings. The summed E-state index contributed by atoms with van der Waals surface area (Å²) in [5, 5.41) is 4.99. The minimum atomic E-state index is 0.451. The number of thiazole rings is 1. The van der Waals surface area contributed by atoms with Gasteiger partial charge in [0.05, 0.1) is 10.7 Å². The van der Waals surface area contributed by atoms with Gasteiger partial charge in [0.15, 0.2) is 0 Å². The SMILES string of the molecule is CC1(C)CC1c1nc(-c2ccccc2)c(CNC2CC2)s1. The molecule has 1 aromatic heterocycles. The maximum Gasteiger partial charge on any atom is 0.0972 e. The normalized spacial score (nSPS) is 23.2. The molecule has 0 spiro atoms. The summed E-state index contributed by atoms with van der Waals surface area (Å²) in [6.45, 7) is 5.67. The third-order valence-electron chi connectivity index (χ3n) is 4.70. The van der Waals surface area contributed by atoms with Gasteiger partial charge in [-0.25, -0.2) is 4.98 Å². The Morgan fingerprint density at radius 3 is 2.57 bits per heavy atom. The third kappa shape index (κ3) is 2.77. The van der Waals surface area contributed by atoms with Crippen LogP contribution in [-0.4, -0.2) is 11.0 Å². The molecule has 2 aliphatic carbocycles. The molecule has 0 aliphatic heterocycles. The molecule has 0 bridgehead atoms. The quantitative estimate of drug-likeness (QED) is 0.874. The van der Waals surface area contributed by atoms with Crippen LogP contribution in [0.5, 0.6) is 0 Å². The van der Waals surface area contributed by atoms with Gasteiger partial charge in [-0.3, -0.25) is 0 Å². The molecule has 2 saturated carbocycles. The Balaban J connectivity index is 1.65. The summed E-state index contributed by atoms with van der Waals surface area (Å²) in [5.74, 6) is 0.666. The number of benzene rings is 1. The molecule has 1 aromatic carbocycles. The van der Waals surface area contributed by atoms with E-state index in [0.717, 1.165) is 12.6 Å². The van der Waals surface area contributed by atoms with Crippen LogP contribution in [0.25, 0.3) is 11.3 Å². The first kappa shape index (κ1) is 13.5. The average Bonchev–Trinajstić information content (AvgIpc) is 3.37. The van der Waals surface area contributed by atoms with E-state index >= 15 is 0 Å². The molecular weight excluding hydrogens is 276 g/mol. The van der Waals surface area contributed by atoms with Gasteiger partial charge in [0.25, 0.3) is 0 Å². The van der Waals surface area contributed by atoms with E-state index in [1.54, 1.807) is 0 Å². The second kappa shape index (κ2) is 4.92. The van der Waals surface area contributed by atoms with Crippen LogP contribution in [-0.2, 0) is 6.54 Å². The number of hydrogen-bond acceptors (Lipinski definition) is 3. The lowest BCUT2D eigenvalue weighted by molar-refractivity contribution is 0.620. The topological polar surface area (TPSA) is 24.9 Å². The molecule has 1 atom stereocenters. The Hall–Kier alpha value is -1.19. The molecule has 1 unspecified atom stereocenters. The Kier molecular flexibility index (Phi) is 3.16. The van der Waals surface area contributed by atoms with E-state index in [-0.39, 0.29) is 0 Å². The van der Waals surface area contributed by atoms with Crippen molar-refractivity contribution < 1.29 is 0 Å². The van der Waals surface area contributed by atoms with Crippen LogP contribution in [0.4, 0.5) is 0 Å². The highest BCUT2D eigenvalue weighted by molar-refractivity contribution is 7.12. The summed E-state index contributed by atoms with van der Waals surface area (Å²) in [4.78, 5) is 6.42. The Morgan fingerprint density at radius 2 is 1.95 bits per heavy atom. The van der Waals surface area contributed by atoms with Gasteiger partial charge in [0, 0.05) is 28.9 Å². The fourth-order valence-corrected chi connectivity index (χ4v) is 4.22. The van der Waals surface area contributed by atoms with Crippen molar-refractivity contribution in [3.8, 4) is 11.3 Å². The number of rotatable bonds is 5. The van der Waals surface area contributed by atoms with E-state index in [9.17, 15) is 0 Å². The van der Waals surface area contributed by atoms with Crippen molar-refractivity contribution in [1.82, 2.24) is 10.3 Å². The van der Waals surface area contributed by atoms with Crippen LogP contribution in [0.1, 0.15) is 48.9 Å². The summed E-state index contributed by atoms with van der Waals surface area (Å²) >= 11 is 1.92. The van der Waals surface area contributed by atoms with Crippen molar-refractivity contribution in [2.75, 3.05) is 0 Å². The van der Waals surface area contributed by atoms with Crippen LogP contribution < -0.4 is 5.32 Å². The predicted molar refractivity (Wildman–Crippen MR) is 88.6 cm³/mol. The monoisotopic (exact) mass is 298 g/mol. The van der Waals surface area contributed by atoms with E-state index < -0.39 is 0 Å². The summed E-state index contributed by atoms with van der Waals surface area (Å²) in [7, 11) is 0. The highest BCUT2D eigenvalue weighted by Gasteiger charge is 2.48. The number of nitrogens with one attached hydrogen (secondary N) is 1. The first-order valence-electron chi connectivity index (χ1n) is 7.92. The molecule has 2 nitrogen and oxygen atoms in total. The zero-order valence-corrected chi connectivity index (χ0v) is 13.5. The molecule has 110 valence electrons. The Bertz CT molecular complexity index is 640. The minimum absolute atomic E-state index is 0.451. The highest BCUT2D eigenvalue weighted by atomic mass is 32.1. The molecule has 0 amide bonds. The zero-order chi connectivity index (χ0) is 14.4. The lowest BCUT2D eigenvalue weighted by Crippen LogP contribution is -2.14. The molecule has 1 N–H and O–H groups in total. The lowest BCUT2D eigenvalue weighted by atomic mass is 10.1. The molecule has 21 heavy (non-hydrogen) atoms. The average molecular weight is 298 g/mol. The van der Waals surface area contributed by atoms with Crippen LogP contribution in [0, 0.1) is 5.41 Å². The van der Waals surface area contributed by atoms with E-state index in [1.807, 2.05) is 11.3 Å². The van der Waals surface area contributed by atoms with Gasteiger partial charge < -0.3 is 5.32 Å². The largest absolute Gasteiger partial charge is 0.309 e. The Labute approximate surface area is 130 Å². The van der Waals surface area contributed by atoms with Gasteiger partial charge in [0.1, 0.15) is 0 Å². The summed E-state index contributed by atoms with van der Waals surface area (Å²) in [6, 6.07) is 11.4. The third-order valence-corrected chi connectivity index (χ3v) is 5.87. The van der Waals surface area contributed by atoms with Crippen LogP contribution in [0.15, 0.2) is 30.3 Å². The van der Waals surface area contributed by atoms with Crippen molar-refractivity contribution in [3.63, 3.8) is 0 Å². The maximum atomic E-state index is 5.01. The summed E-state index contributed by atoms with van der Waals surface area (Å²) < 4.78 is 0. The van der Waals surface area contributed by atoms with Crippen LogP contribution >= 0.6 is 11.3 Å². The molecule has 4 rings (SSSR count). The number of nitrogens with zero attached hydrogens (tertiary/aromatic N) is 1. The van der Waals surface area contributed by atoms with Crippen molar-refractivity contribution in [3.05, 3.63) is 40.2 Å². The Morgan fingerprint density at radius 1 is 1.24 bits per heavy atom. The van der Waals surface area contributed by atoms with E-state index in [1.165, 1.54) is 40.4 Å². The molecule has 2 fully saturated rings. The lowest BCUT2D eigenvalue weighted by Gasteiger charge is -2.03. The van der Waals surface area contributed by atoms with Gasteiger partial charge in [0.2, 0.25) is 0 Å². The predicted octanol–water partition coefficient (Wildman–Crippen LogP) is 4.58. The first-order chi connectivity index (χ1) is 10.1.